The lowest BCUT2D eigenvalue weighted by Crippen LogP contribution is -2.33. The van der Waals surface area contributed by atoms with Gasteiger partial charge in [-0.2, -0.15) is 0 Å². The van der Waals surface area contributed by atoms with Crippen molar-refractivity contribution in [1.29, 1.82) is 0 Å². The summed E-state index contributed by atoms with van der Waals surface area (Å²) in [5.74, 6) is 0.145. The number of rotatable bonds is 6. The Balaban J connectivity index is 1.51. The highest BCUT2D eigenvalue weighted by atomic mass is 79.9. The molecule has 0 aliphatic carbocycles. The van der Waals surface area contributed by atoms with Gasteiger partial charge >= 0.3 is 0 Å². The van der Waals surface area contributed by atoms with Gasteiger partial charge in [0.05, 0.1) is 16.9 Å². The van der Waals surface area contributed by atoms with Gasteiger partial charge in [0, 0.05) is 4.47 Å². The quantitative estimate of drug-likeness (QED) is 0.466. The number of amides is 1. The lowest BCUT2D eigenvalue weighted by atomic mass is 9.99. The Labute approximate surface area is 176 Å². The zero-order valence-corrected chi connectivity index (χ0v) is 17.0. The molecule has 6 heteroatoms. The van der Waals surface area contributed by atoms with Gasteiger partial charge < -0.3 is 10.1 Å². The molecule has 0 atom stereocenters. The summed E-state index contributed by atoms with van der Waals surface area (Å²) in [4.78, 5) is 21.1. The molecule has 3 aromatic carbocycles. The molecule has 29 heavy (non-hydrogen) atoms. The van der Waals surface area contributed by atoms with Crippen LogP contribution in [0, 0.1) is 0 Å². The summed E-state index contributed by atoms with van der Waals surface area (Å²) in [6.07, 6.45) is 1.43. The van der Waals surface area contributed by atoms with Crippen LogP contribution in [0.15, 0.2) is 89.7 Å². The molecule has 1 amide bonds. The number of halogens is 1. The second kappa shape index (κ2) is 8.84. The van der Waals surface area contributed by atoms with Crippen LogP contribution in [0.3, 0.4) is 0 Å². The summed E-state index contributed by atoms with van der Waals surface area (Å²) in [5.41, 5.74) is 2.76. The number of aromatic nitrogens is 2. The number of ether oxygens (including phenoxy) is 1. The third-order valence-electron chi connectivity index (χ3n) is 4.47. The highest BCUT2D eigenvalue weighted by Crippen LogP contribution is 2.25. The maximum Gasteiger partial charge on any atom is 0.258 e. The topological polar surface area (TPSA) is 64.1 Å². The van der Waals surface area contributed by atoms with Crippen molar-refractivity contribution in [2.45, 2.75) is 6.04 Å². The predicted octanol–water partition coefficient (Wildman–Crippen LogP) is 4.68. The van der Waals surface area contributed by atoms with Gasteiger partial charge in [-0.25, -0.2) is 9.97 Å². The summed E-state index contributed by atoms with van der Waals surface area (Å²) in [6.45, 7) is -0.144. The van der Waals surface area contributed by atoms with Gasteiger partial charge in [-0.3, -0.25) is 4.79 Å². The Kier molecular flexibility index (Phi) is 5.81. The molecule has 0 unspecified atom stereocenters. The Morgan fingerprint density at radius 1 is 0.931 bits per heavy atom. The number of nitrogens with zero attached hydrogens (tertiary/aromatic N) is 2. The van der Waals surface area contributed by atoms with Crippen molar-refractivity contribution in [2.24, 2.45) is 0 Å². The molecule has 0 spiro atoms. The summed E-state index contributed by atoms with van der Waals surface area (Å²) < 4.78 is 6.62. The van der Waals surface area contributed by atoms with E-state index >= 15 is 0 Å². The molecular formula is C23H18BrN3O2. The Bertz CT molecular complexity index is 1080. The molecule has 0 fully saturated rings. The maximum atomic E-state index is 12.7. The molecule has 5 nitrogen and oxygen atoms in total. The summed E-state index contributed by atoms with van der Waals surface area (Å²) >= 11 is 3.44. The van der Waals surface area contributed by atoms with Gasteiger partial charge in [0.15, 0.2) is 6.61 Å². The van der Waals surface area contributed by atoms with Gasteiger partial charge in [-0.1, -0.05) is 76.6 Å². The number of fused-ring (bicyclic) bond motifs is 1. The molecular weight excluding hydrogens is 430 g/mol. The van der Waals surface area contributed by atoms with Crippen LogP contribution < -0.4 is 10.1 Å². The first kappa shape index (κ1) is 19.1. The highest BCUT2D eigenvalue weighted by Gasteiger charge is 2.17. The van der Waals surface area contributed by atoms with Crippen molar-refractivity contribution in [1.82, 2.24) is 15.3 Å². The standard InChI is InChI=1S/C23H18BrN3O2/c24-18-11-12-20-19(13-18)23(26-15-25-20)29-14-21(28)27-22(16-7-3-1-4-8-16)17-9-5-2-6-10-17/h1-13,15,22H,14H2,(H,27,28). The van der Waals surface area contributed by atoms with Crippen molar-refractivity contribution in [3.8, 4) is 5.88 Å². The maximum absolute atomic E-state index is 12.7. The summed E-state index contributed by atoms with van der Waals surface area (Å²) in [7, 11) is 0. The molecule has 0 aliphatic rings. The first-order valence-corrected chi connectivity index (χ1v) is 9.92. The molecule has 4 aromatic rings. The van der Waals surface area contributed by atoms with Gasteiger partial charge in [0.2, 0.25) is 5.88 Å². The normalized spacial score (nSPS) is 10.8. The van der Waals surface area contributed by atoms with E-state index in [0.29, 0.717) is 5.88 Å². The first-order valence-electron chi connectivity index (χ1n) is 9.13. The summed E-state index contributed by atoms with van der Waals surface area (Å²) in [5, 5.41) is 3.81. The SMILES string of the molecule is O=C(COc1ncnc2ccc(Br)cc12)NC(c1ccccc1)c1ccccc1. The van der Waals surface area contributed by atoms with Crippen LogP contribution in [-0.4, -0.2) is 22.5 Å². The lowest BCUT2D eigenvalue weighted by molar-refractivity contribution is -0.123. The van der Waals surface area contributed by atoms with E-state index in [1.54, 1.807) is 0 Å². The number of benzene rings is 3. The molecule has 1 heterocycles. The monoisotopic (exact) mass is 447 g/mol. The van der Waals surface area contributed by atoms with Gasteiger partial charge in [0.25, 0.3) is 5.91 Å². The minimum atomic E-state index is -0.259. The van der Waals surface area contributed by atoms with E-state index in [1.807, 2.05) is 78.9 Å². The third kappa shape index (κ3) is 4.60. The van der Waals surface area contributed by atoms with Gasteiger partial charge in [0.1, 0.15) is 6.33 Å². The van der Waals surface area contributed by atoms with Crippen LogP contribution >= 0.6 is 15.9 Å². The average molecular weight is 448 g/mol. The van der Waals surface area contributed by atoms with Crippen LogP contribution in [0.5, 0.6) is 5.88 Å². The predicted molar refractivity (Wildman–Crippen MR) is 116 cm³/mol. The average Bonchev–Trinajstić information content (AvgIpc) is 2.77. The fourth-order valence-electron chi connectivity index (χ4n) is 3.11. The fraction of sp³-hybridized carbons (Fsp3) is 0.0870. The zero-order chi connectivity index (χ0) is 20.1. The van der Waals surface area contributed by atoms with Crippen LogP contribution in [0.2, 0.25) is 0 Å². The van der Waals surface area contributed by atoms with E-state index in [1.165, 1.54) is 6.33 Å². The smallest absolute Gasteiger partial charge is 0.258 e. The molecule has 0 aliphatic heterocycles. The van der Waals surface area contributed by atoms with Crippen molar-refractivity contribution in [3.63, 3.8) is 0 Å². The molecule has 0 bridgehead atoms. The number of carbonyl (C=O) groups excluding carboxylic acids is 1. The molecule has 0 radical (unpaired) electrons. The third-order valence-corrected chi connectivity index (χ3v) is 4.97. The van der Waals surface area contributed by atoms with Crippen molar-refractivity contribution < 1.29 is 9.53 Å². The molecule has 4 rings (SSSR count). The van der Waals surface area contributed by atoms with Crippen LogP contribution in [0.4, 0.5) is 0 Å². The molecule has 0 saturated heterocycles. The van der Waals surface area contributed by atoms with Crippen LogP contribution in [0.25, 0.3) is 10.9 Å². The fourth-order valence-corrected chi connectivity index (χ4v) is 3.47. The minimum absolute atomic E-state index is 0.144. The van der Waals surface area contributed by atoms with E-state index < -0.39 is 0 Å². The minimum Gasteiger partial charge on any atom is -0.467 e. The van der Waals surface area contributed by atoms with E-state index in [-0.39, 0.29) is 18.6 Å². The number of hydrogen-bond donors (Lipinski definition) is 1. The largest absolute Gasteiger partial charge is 0.467 e. The van der Waals surface area contributed by atoms with Gasteiger partial charge in [-0.15, -0.1) is 0 Å². The zero-order valence-electron chi connectivity index (χ0n) is 15.5. The summed E-state index contributed by atoms with van der Waals surface area (Å²) in [6, 6.07) is 25.1. The second-order valence-corrected chi connectivity index (χ2v) is 7.37. The van der Waals surface area contributed by atoms with Crippen LogP contribution in [0.1, 0.15) is 17.2 Å². The van der Waals surface area contributed by atoms with Gasteiger partial charge in [-0.05, 0) is 29.3 Å². The molecule has 0 saturated carbocycles. The highest BCUT2D eigenvalue weighted by molar-refractivity contribution is 9.10. The number of hydrogen-bond acceptors (Lipinski definition) is 4. The van der Waals surface area contributed by atoms with E-state index in [2.05, 4.69) is 31.2 Å². The first-order chi connectivity index (χ1) is 14.2. The van der Waals surface area contributed by atoms with Crippen molar-refractivity contribution in [2.75, 3.05) is 6.61 Å². The molecule has 1 N–H and O–H groups in total. The van der Waals surface area contributed by atoms with E-state index in [0.717, 1.165) is 26.5 Å². The Hall–Kier alpha value is -3.25. The molecule has 144 valence electrons. The van der Waals surface area contributed by atoms with E-state index in [4.69, 9.17) is 4.74 Å². The van der Waals surface area contributed by atoms with E-state index in [9.17, 15) is 4.79 Å². The number of nitrogens with one attached hydrogen (secondary N) is 1. The second-order valence-electron chi connectivity index (χ2n) is 6.45. The lowest BCUT2D eigenvalue weighted by Gasteiger charge is -2.20. The van der Waals surface area contributed by atoms with Crippen molar-refractivity contribution >= 4 is 32.7 Å². The Morgan fingerprint density at radius 3 is 2.24 bits per heavy atom. The number of carbonyl (C=O) groups is 1. The Morgan fingerprint density at radius 2 is 1.59 bits per heavy atom. The molecule has 1 aromatic heterocycles. The van der Waals surface area contributed by atoms with Crippen LogP contribution in [-0.2, 0) is 4.79 Å². The van der Waals surface area contributed by atoms with Crippen molar-refractivity contribution in [3.05, 3.63) is 101 Å².